The fourth-order valence-electron chi connectivity index (χ4n) is 3.89. The van der Waals surface area contributed by atoms with E-state index < -0.39 is 0 Å². The summed E-state index contributed by atoms with van der Waals surface area (Å²) < 4.78 is 5.88. The summed E-state index contributed by atoms with van der Waals surface area (Å²) in [6.45, 7) is 4.25. The summed E-state index contributed by atoms with van der Waals surface area (Å²) in [5.41, 5.74) is 3.64. The molecule has 24 heavy (non-hydrogen) atoms. The molecule has 0 bridgehead atoms. The van der Waals surface area contributed by atoms with Crippen molar-refractivity contribution in [2.24, 2.45) is 5.92 Å². The molecule has 0 spiro atoms. The highest BCUT2D eigenvalue weighted by molar-refractivity contribution is 6.30. The van der Waals surface area contributed by atoms with E-state index in [4.69, 9.17) is 16.3 Å². The molecule has 1 heterocycles. The predicted molar refractivity (Wildman–Crippen MR) is 99.9 cm³/mol. The van der Waals surface area contributed by atoms with Crippen molar-refractivity contribution in [3.05, 3.63) is 83.4 Å². The van der Waals surface area contributed by atoms with E-state index >= 15 is 0 Å². The fourth-order valence-corrected chi connectivity index (χ4v) is 4.09. The molecule has 2 aromatic rings. The molecule has 2 nitrogen and oxygen atoms in total. The van der Waals surface area contributed by atoms with Crippen molar-refractivity contribution in [2.45, 2.75) is 18.4 Å². The van der Waals surface area contributed by atoms with Crippen LogP contribution in [0.2, 0.25) is 5.02 Å². The minimum absolute atomic E-state index is 0.227. The van der Waals surface area contributed by atoms with E-state index in [1.54, 1.807) is 6.08 Å². The lowest BCUT2D eigenvalue weighted by molar-refractivity contribution is 0.358. The van der Waals surface area contributed by atoms with Crippen LogP contribution in [0.4, 0.5) is 5.69 Å². The number of para-hydroxylation sites is 1. The maximum atomic E-state index is 6.23. The molecule has 122 valence electrons. The molecule has 0 aromatic heterocycles. The lowest BCUT2D eigenvalue weighted by atomic mass is 9.77. The molecule has 1 aliphatic carbocycles. The maximum absolute atomic E-state index is 6.23. The second-order valence-electron chi connectivity index (χ2n) is 6.35. The molecule has 3 heteroatoms. The molecule has 3 unspecified atom stereocenters. The Bertz CT molecular complexity index is 798. The maximum Gasteiger partial charge on any atom is 0.143 e. The third kappa shape index (κ3) is 2.61. The highest BCUT2D eigenvalue weighted by Gasteiger charge is 2.38. The van der Waals surface area contributed by atoms with E-state index in [2.05, 4.69) is 48.3 Å². The first-order valence-corrected chi connectivity index (χ1v) is 8.71. The molecule has 4 rings (SSSR count). The Morgan fingerprint density at radius 1 is 1.25 bits per heavy atom. The van der Waals surface area contributed by atoms with Crippen LogP contribution in [0.3, 0.4) is 0 Å². The second kappa shape index (κ2) is 6.37. The highest BCUT2D eigenvalue weighted by atomic mass is 35.5. The van der Waals surface area contributed by atoms with Gasteiger partial charge in [0.2, 0.25) is 0 Å². The third-order valence-corrected chi connectivity index (χ3v) is 5.16. The topological polar surface area (TPSA) is 21.3 Å². The Labute approximate surface area is 147 Å². The summed E-state index contributed by atoms with van der Waals surface area (Å²) >= 11 is 6.23. The van der Waals surface area contributed by atoms with Crippen LogP contribution in [-0.4, -0.2) is 6.61 Å². The Morgan fingerprint density at radius 3 is 2.96 bits per heavy atom. The van der Waals surface area contributed by atoms with Crippen molar-refractivity contribution in [1.29, 1.82) is 0 Å². The van der Waals surface area contributed by atoms with Gasteiger partial charge in [0.1, 0.15) is 12.4 Å². The Morgan fingerprint density at radius 2 is 2.12 bits per heavy atom. The summed E-state index contributed by atoms with van der Waals surface area (Å²) in [5.74, 6) is 1.81. The van der Waals surface area contributed by atoms with Gasteiger partial charge in [0.25, 0.3) is 0 Å². The zero-order chi connectivity index (χ0) is 16.5. The Balaban J connectivity index is 1.77. The first kappa shape index (κ1) is 15.3. The molecular formula is C21H20ClNO. The predicted octanol–water partition coefficient (Wildman–Crippen LogP) is 5.73. The SMILES string of the molecule is C=CCOc1cccc2c1NC(c1cccc(Cl)c1)C1CC=CC21. The number of hydrogen-bond donors (Lipinski definition) is 1. The molecule has 0 amide bonds. The van der Waals surface area contributed by atoms with Crippen LogP contribution in [0.5, 0.6) is 5.75 Å². The van der Waals surface area contributed by atoms with Gasteiger partial charge < -0.3 is 10.1 Å². The molecular weight excluding hydrogens is 318 g/mol. The van der Waals surface area contributed by atoms with Crippen LogP contribution in [0.1, 0.15) is 29.5 Å². The molecule has 1 N–H and O–H groups in total. The number of anilines is 1. The minimum Gasteiger partial charge on any atom is -0.487 e. The van der Waals surface area contributed by atoms with Gasteiger partial charge in [-0.1, -0.05) is 60.7 Å². The van der Waals surface area contributed by atoms with Gasteiger partial charge in [-0.25, -0.2) is 0 Å². The molecule has 1 aliphatic heterocycles. The molecule has 0 saturated heterocycles. The molecule has 0 radical (unpaired) electrons. The van der Waals surface area contributed by atoms with Gasteiger partial charge in [-0.2, -0.15) is 0 Å². The zero-order valence-electron chi connectivity index (χ0n) is 13.4. The number of hydrogen-bond acceptors (Lipinski definition) is 2. The first-order chi connectivity index (χ1) is 11.8. The van der Waals surface area contributed by atoms with Gasteiger partial charge >= 0.3 is 0 Å². The summed E-state index contributed by atoms with van der Waals surface area (Å²) in [7, 11) is 0. The van der Waals surface area contributed by atoms with Gasteiger partial charge in [0.05, 0.1) is 11.7 Å². The summed E-state index contributed by atoms with van der Waals surface area (Å²) in [6, 6.07) is 14.7. The Hall–Kier alpha value is -2.19. The van der Waals surface area contributed by atoms with E-state index in [1.165, 1.54) is 11.1 Å². The number of allylic oxidation sites excluding steroid dienone is 2. The van der Waals surface area contributed by atoms with Gasteiger partial charge in [-0.15, -0.1) is 0 Å². The summed E-state index contributed by atoms with van der Waals surface area (Å²) in [5, 5.41) is 4.51. The van der Waals surface area contributed by atoms with E-state index in [0.29, 0.717) is 18.4 Å². The van der Waals surface area contributed by atoms with E-state index in [0.717, 1.165) is 22.9 Å². The number of halogens is 1. The Kier molecular flexibility index (Phi) is 4.07. The average molecular weight is 338 g/mol. The quantitative estimate of drug-likeness (QED) is 0.719. The number of benzene rings is 2. The van der Waals surface area contributed by atoms with Crippen molar-refractivity contribution >= 4 is 17.3 Å². The molecule has 0 fully saturated rings. The highest BCUT2D eigenvalue weighted by Crippen LogP contribution is 2.52. The third-order valence-electron chi connectivity index (χ3n) is 4.92. The van der Waals surface area contributed by atoms with Crippen LogP contribution in [-0.2, 0) is 0 Å². The van der Waals surface area contributed by atoms with Crippen LogP contribution in [0.25, 0.3) is 0 Å². The zero-order valence-corrected chi connectivity index (χ0v) is 14.2. The van der Waals surface area contributed by atoms with Gasteiger partial charge in [-0.05, 0) is 41.7 Å². The first-order valence-electron chi connectivity index (χ1n) is 8.33. The standard InChI is InChI=1S/C21H20ClNO/c1-2-12-24-19-11-5-10-18-16-8-4-9-17(16)20(23-21(18)19)14-6-3-7-15(22)13-14/h2-8,10-11,13,16-17,20,23H,1,9,12H2. The van der Waals surface area contributed by atoms with Crippen molar-refractivity contribution in [1.82, 2.24) is 0 Å². The number of fused-ring (bicyclic) bond motifs is 3. The molecule has 3 atom stereocenters. The minimum atomic E-state index is 0.227. The fraction of sp³-hybridized carbons (Fsp3) is 0.238. The van der Waals surface area contributed by atoms with Crippen molar-refractivity contribution in [3.63, 3.8) is 0 Å². The van der Waals surface area contributed by atoms with Crippen LogP contribution < -0.4 is 10.1 Å². The van der Waals surface area contributed by atoms with Crippen molar-refractivity contribution in [3.8, 4) is 5.75 Å². The largest absolute Gasteiger partial charge is 0.487 e. The summed E-state index contributed by atoms with van der Waals surface area (Å²) in [4.78, 5) is 0. The van der Waals surface area contributed by atoms with Gasteiger partial charge in [0, 0.05) is 10.9 Å². The number of rotatable bonds is 4. The lowest BCUT2D eigenvalue weighted by Crippen LogP contribution is -2.29. The second-order valence-corrected chi connectivity index (χ2v) is 6.79. The van der Waals surface area contributed by atoms with Crippen molar-refractivity contribution < 1.29 is 4.74 Å². The monoisotopic (exact) mass is 337 g/mol. The molecule has 0 saturated carbocycles. The van der Waals surface area contributed by atoms with Crippen LogP contribution in [0.15, 0.2) is 67.3 Å². The van der Waals surface area contributed by atoms with Gasteiger partial charge in [0.15, 0.2) is 0 Å². The number of ether oxygens (including phenoxy) is 1. The molecule has 2 aromatic carbocycles. The van der Waals surface area contributed by atoms with Crippen molar-refractivity contribution in [2.75, 3.05) is 11.9 Å². The average Bonchev–Trinajstić information content (AvgIpc) is 3.09. The van der Waals surface area contributed by atoms with E-state index in [-0.39, 0.29) is 6.04 Å². The smallest absolute Gasteiger partial charge is 0.143 e. The van der Waals surface area contributed by atoms with E-state index in [1.807, 2.05) is 18.2 Å². The van der Waals surface area contributed by atoms with E-state index in [9.17, 15) is 0 Å². The van der Waals surface area contributed by atoms with Gasteiger partial charge in [-0.3, -0.25) is 0 Å². The number of nitrogens with one attached hydrogen (secondary N) is 1. The molecule has 2 aliphatic rings. The summed E-state index contributed by atoms with van der Waals surface area (Å²) in [6.07, 6.45) is 7.47. The normalized spacial score (nSPS) is 24.0. The van der Waals surface area contributed by atoms with Crippen LogP contribution >= 0.6 is 11.6 Å². The van der Waals surface area contributed by atoms with Crippen LogP contribution in [0, 0.1) is 5.92 Å². The lowest BCUT2D eigenvalue weighted by Gasteiger charge is -2.38.